The molecule has 3 aromatic heterocycles. The van der Waals surface area contributed by atoms with Gasteiger partial charge in [0.1, 0.15) is 31.1 Å². The summed E-state index contributed by atoms with van der Waals surface area (Å²) in [5, 5.41) is 0. The number of ether oxygens (including phenoxy) is 8. The zero-order valence-corrected chi connectivity index (χ0v) is 54.8. The maximum atomic E-state index is 12.5. The van der Waals surface area contributed by atoms with E-state index in [1.807, 2.05) is 97.1 Å². The molecule has 0 amide bonds. The zero-order chi connectivity index (χ0) is 64.2. The molecule has 0 saturated carbocycles. The molecule has 17 heteroatoms. The highest BCUT2D eigenvalue weighted by atomic mass is 28.3. The normalized spacial score (nSPS) is 11.8. The Hall–Kier alpha value is -8.88. The number of carbonyl (C=O) groups excluding carboxylic acids is 4. The summed E-state index contributed by atoms with van der Waals surface area (Å²) < 4.78 is 47.5. The summed E-state index contributed by atoms with van der Waals surface area (Å²) >= 11 is 0. The van der Waals surface area contributed by atoms with Gasteiger partial charge in [-0.15, -0.1) is 5.54 Å². The van der Waals surface area contributed by atoms with E-state index in [1.54, 1.807) is 27.7 Å². The second kappa shape index (κ2) is 32.6. The highest BCUT2D eigenvalue weighted by Gasteiger charge is 2.42. The van der Waals surface area contributed by atoms with E-state index in [0.717, 1.165) is 27.7 Å². The lowest BCUT2D eigenvalue weighted by atomic mass is 10.00. The number of nitrogens with one attached hydrogen (secondary N) is 2. The molecule has 0 unspecified atom stereocenters. The number of hydrogen-bond donors (Lipinski definition) is 2. The average Bonchev–Trinajstić information content (AvgIpc) is 1.84. The Morgan fingerprint density at radius 1 is 0.433 bits per heavy atom. The molecule has 8 rings (SSSR count). The van der Waals surface area contributed by atoms with E-state index >= 15 is 0 Å². The molecule has 5 heterocycles. The first-order valence-corrected chi connectivity index (χ1v) is 34.0. The van der Waals surface area contributed by atoms with Crippen LogP contribution in [0.5, 0.6) is 23.0 Å². The van der Waals surface area contributed by atoms with E-state index < -0.39 is 8.07 Å². The Morgan fingerprint density at radius 3 is 1.12 bits per heavy atom. The molecule has 6 aromatic rings. The molecule has 16 nitrogen and oxygen atoms in total. The van der Waals surface area contributed by atoms with Gasteiger partial charge in [0.25, 0.3) is 0 Å². The van der Waals surface area contributed by atoms with Gasteiger partial charge in [-0.3, -0.25) is 19.2 Å². The van der Waals surface area contributed by atoms with Crippen molar-refractivity contribution < 1.29 is 57.1 Å². The van der Waals surface area contributed by atoms with E-state index in [4.69, 9.17) is 47.9 Å². The predicted octanol–water partition coefficient (Wildman–Crippen LogP) is 16.1. The van der Waals surface area contributed by atoms with Gasteiger partial charge in [0.15, 0.2) is 0 Å². The van der Waals surface area contributed by atoms with Crippen LogP contribution in [-0.4, -0.2) is 105 Å². The highest BCUT2D eigenvalue weighted by molar-refractivity contribution is 6.90. The summed E-state index contributed by atoms with van der Waals surface area (Å²) in [4.78, 5) is 68.6. The van der Waals surface area contributed by atoms with Gasteiger partial charge in [0.2, 0.25) is 0 Å². The third-order valence-electron chi connectivity index (χ3n) is 15.8. The number of hydrogen-bond acceptors (Lipinski definition) is 14. The quantitative estimate of drug-likeness (QED) is 0.0142. The standard InChI is InChI=1S/C73H86N4O12Si/c1-11-82-65(78)28-18-41-86-61-24-16-25-62(87-42-19-29-66(79)83-12-2)72(61)70-57-34-32-53(74-57)47-54-33-35-58(75-54)71(73-63(88-43-20-30-67(80)84-13-3)26-17-27-64(73)89-44-21-31-68(81)85-14-4)60-39-37-56(77-60)69(55-36-38-59(70)76-55)52-23-15-22-51(46-52)40-45-90(48(5)6,49(7)8)50(9)10/h15-17,22-27,32-39,46-50,74-75H,11-14,18-21,28-31,41-44H2,1-10H3. The number of esters is 4. The van der Waals surface area contributed by atoms with Crippen LogP contribution in [-0.2, 0) is 38.1 Å². The summed E-state index contributed by atoms with van der Waals surface area (Å²) in [5.74, 6) is 4.49. The third kappa shape index (κ3) is 16.9. The molecule has 0 spiro atoms. The first-order chi connectivity index (χ1) is 43.6. The molecule has 0 fully saturated rings. The Labute approximate surface area is 530 Å². The Balaban J connectivity index is 1.42. The average molecular weight is 1240 g/mol. The molecule has 0 atom stereocenters. The van der Waals surface area contributed by atoms with Gasteiger partial charge in [-0.05, 0) is 167 Å². The fourth-order valence-corrected chi connectivity index (χ4v) is 17.1. The van der Waals surface area contributed by atoms with Crippen LogP contribution in [0.4, 0.5) is 0 Å². The molecule has 2 N–H and O–H groups in total. The van der Waals surface area contributed by atoms with Gasteiger partial charge in [-0.1, -0.05) is 71.7 Å². The zero-order valence-electron chi connectivity index (χ0n) is 53.8. The number of carbonyl (C=O) groups is 4. The summed E-state index contributed by atoms with van der Waals surface area (Å²) in [5.41, 5.74) is 15.7. The molecule has 2 aliphatic rings. The number of fused-ring (bicyclic) bond motifs is 8. The molecule has 0 aliphatic carbocycles. The van der Waals surface area contributed by atoms with E-state index in [9.17, 15) is 19.2 Å². The van der Waals surface area contributed by atoms with Crippen LogP contribution in [0, 0.1) is 11.5 Å². The van der Waals surface area contributed by atoms with Crippen LogP contribution in [0.25, 0.3) is 79.8 Å². The topological polar surface area (TPSA) is 199 Å². The van der Waals surface area contributed by atoms with Crippen molar-refractivity contribution >= 4 is 78.3 Å². The van der Waals surface area contributed by atoms with Crippen LogP contribution in [0.15, 0.2) is 91.0 Å². The number of aromatic nitrogens is 4. The maximum Gasteiger partial charge on any atom is 0.305 e. The molecule has 8 bridgehead atoms. The van der Waals surface area contributed by atoms with Crippen molar-refractivity contribution in [3.8, 4) is 67.8 Å². The first kappa shape index (κ1) is 67.1. The second-order valence-corrected chi connectivity index (χ2v) is 28.5. The van der Waals surface area contributed by atoms with E-state index in [1.165, 1.54) is 0 Å². The molecule has 0 saturated heterocycles. The van der Waals surface area contributed by atoms with Crippen LogP contribution in [0.3, 0.4) is 0 Å². The lowest BCUT2D eigenvalue weighted by molar-refractivity contribution is -0.144. The highest BCUT2D eigenvalue weighted by Crippen LogP contribution is 2.47. The van der Waals surface area contributed by atoms with Gasteiger partial charge >= 0.3 is 23.9 Å². The van der Waals surface area contributed by atoms with Gasteiger partial charge in [0, 0.05) is 70.0 Å². The Bertz CT molecular complexity index is 3500. The third-order valence-corrected chi connectivity index (χ3v) is 22.1. The van der Waals surface area contributed by atoms with Crippen molar-refractivity contribution in [3.05, 3.63) is 119 Å². The van der Waals surface area contributed by atoms with Crippen LogP contribution in [0.2, 0.25) is 16.6 Å². The minimum absolute atomic E-state index is 0.179. The molecule has 90 heavy (non-hydrogen) atoms. The summed E-state index contributed by atoms with van der Waals surface area (Å²) in [6, 6.07) is 29.6. The summed E-state index contributed by atoms with van der Waals surface area (Å²) in [6.07, 6.45) is 10.3. The van der Waals surface area contributed by atoms with Gasteiger partial charge < -0.3 is 47.9 Å². The van der Waals surface area contributed by atoms with E-state index in [0.29, 0.717) is 121 Å². The van der Waals surface area contributed by atoms with Gasteiger partial charge in [-0.25, -0.2) is 9.97 Å². The fraction of sp³-hybridized carbons (Fsp3) is 0.397. The number of benzene rings is 3. The van der Waals surface area contributed by atoms with Crippen molar-refractivity contribution in [3.63, 3.8) is 0 Å². The number of H-pyrrole nitrogens is 2. The predicted molar refractivity (Wildman–Crippen MR) is 359 cm³/mol. The monoisotopic (exact) mass is 1240 g/mol. The SMILES string of the molecule is CCOC(=O)CCCOc1cccc(OCCCC(=O)OCC)c1-c1c2nc(c(-c3cccc(C#C[Si](C(C)C)(C(C)C)C(C)C)c3)c3nc(c(-c4c(OCCCC(=O)OCC)cccc4OCCCC(=O)OCC)c4ccc(cc5ccc1[nH]5)[nH]4)C=C3)C=C2. The van der Waals surface area contributed by atoms with Crippen molar-refractivity contribution in [1.82, 2.24) is 19.9 Å². The molecule has 2 aliphatic heterocycles. The molecule has 3 aromatic carbocycles. The Kier molecular flexibility index (Phi) is 24.3. The van der Waals surface area contributed by atoms with Crippen LogP contribution < -0.4 is 18.9 Å². The molecular weight excluding hydrogens is 1150 g/mol. The van der Waals surface area contributed by atoms with E-state index in [2.05, 4.69) is 81.2 Å². The smallest absolute Gasteiger partial charge is 0.305 e. The molecule has 474 valence electrons. The van der Waals surface area contributed by atoms with Gasteiger partial charge in [0.05, 0.1) is 86.8 Å². The largest absolute Gasteiger partial charge is 0.493 e. The molecular formula is C73H86N4O12Si. The minimum Gasteiger partial charge on any atom is -0.493 e. The summed E-state index contributed by atoms with van der Waals surface area (Å²) in [7, 11) is -2.15. The van der Waals surface area contributed by atoms with Crippen molar-refractivity contribution in [2.75, 3.05) is 52.9 Å². The second-order valence-electron chi connectivity index (χ2n) is 22.9. The van der Waals surface area contributed by atoms with E-state index in [-0.39, 0.29) is 102 Å². The Morgan fingerprint density at radius 2 is 0.778 bits per heavy atom. The van der Waals surface area contributed by atoms with Gasteiger partial charge in [-0.2, -0.15) is 0 Å². The van der Waals surface area contributed by atoms with Crippen molar-refractivity contribution in [2.24, 2.45) is 0 Å². The fourth-order valence-electron chi connectivity index (χ4n) is 11.9. The summed E-state index contributed by atoms with van der Waals surface area (Å²) in [6.45, 7) is 23.0. The van der Waals surface area contributed by atoms with Crippen LogP contribution >= 0.6 is 0 Å². The lowest BCUT2D eigenvalue weighted by Crippen LogP contribution is -2.43. The van der Waals surface area contributed by atoms with Crippen LogP contribution in [0.1, 0.15) is 149 Å². The number of rotatable bonds is 30. The molecule has 0 radical (unpaired) electrons. The minimum atomic E-state index is -2.15. The number of nitrogens with zero attached hydrogens (tertiary/aromatic N) is 2. The first-order valence-electron chi connectivity index (χ1n) is 31.8. The maximum absolute atomic E-state index is 12.5. The number of aromatic amines is 2. The van der Waals surface area contributed by atoms with Crippen molar-refractivity contribution in [2.45, 2.75) is 137 Å². The van der Waals surface area contributed by atoms with Crippen molar-refractivity contribution in [1.29, 1.82) is 0 Å². The lowest BCUT2D eigenvalue weighted by Gasteiger charge is -2.38.